The first-order chi connectivity index (χ1) is 19.6. The Morgan fingerprint density at radius 2 is 0.857 bits per heavy atom. The van der Waals surface area contributed by atoms with Gasteiger partial charge < -0.3 is 34.7 Å². The molecule has 0 aliphatic heterocycles. The van der Waals surface area contributed by atoms with Gasteiger partial charge in [-0.2, -0.15) is 12.1 Å². The maximum absolute atomic E-state index is 9.00. The van der Waals surface area contributed by atoms with Gasteiger partial charge in [-0.05, 0) is 10.6 Å². The Labute approximate surface area is 276 Å². The second kappa shape index (κ2) is 19.3. The Kier molecular flexibility index (Phi) is 16.2. The third kappa shape index (κ3) is 10.7. The Bertz CT molecular complexity index is 1320. The first-order valence-electron chi connectivity index (χ1n) is 13.1. The average Bonchev–Trinajstić information content (AvgIpc) is 3.72. The van der Waals surface area contributed by atoms with Gasteiger partial charge in [0.05, 0.1) is 0 Å². The van der Waals surface area contributed by atoms with E-state index in [0.29, 0.717) is 0 Å². The van der Waals surface area contributed by atoms with Gasteiger partial charge in [0, 0.05) is 44.4 Å². The van der Waals surface area contributed by atoms with Gasteiger partial charge in [-0.3, -0.25) is 4.79 Å². The number of hydrogen-bond donors (Lipinski definition) is 1. The molecule has 0 bridgehead atoms. The number of aliphatic carboxylic acids is 1. The normalized spacial score (nSPS) is 9.79. The smallest absolute Gasteiger partial charge is 0.300 e. The molecule has 0 spiro atoms. The summed E-state index contributed by atoms with van der Waals surface area (Å²) in [5, 5.41) is 15.9. The molecule has 0 heterocycles. The molecule has 0 aliphatic rings. The summed E-state index contributed by atoms with van der Waals surface area (Å²) in [7, 11) is -0.818. The molecular formula is C36H32FeO2P2Pd-6. The van der Waals surface area contributed by atoms with Crippen LogP contribution in [0.15, 0.2) is 170 Å². The van der Waals surface area contributed by atoms with Crippen LogP contribution in [0.25, 0.3) is 0 Å². The van der Waals surface area contributed by atoms with Gasteiger partial charge in [0.1, 0.15) is 0 Å². The van der Waals surface area contributed by atoms with Gasteiger partial charge >= 0.3 is 0 Å². The van der Waals surface area contributed by atoms with Crippen molar-refractivity contribution >= 4 is 53.6 Å². The van der Waals surface area contributed by atoms with Gasteiger partial charge in [-0.25, -0.2) is 20.1 Å². The maximum Gasteiger partial charge on any atom is 0.300 e. The van der Waals surface area contributed by atoms with Crippen molar-refractivity contribution in [2.24, 2.45) is 0 Å². The van der Waals surface area contributed by atoms with Crippen LogP contribution >= 0.6 is 15.8 Å². The first kappa shape index (κ1) is 35.3. The zero-order valence-corrected chi connectivity index (χ0v) is 27.5. The summed E-state index contributed by atoms with van der Waals surface area (Å²) in [6.07, 6.45) is 0. The largest absolute Gasteiger partial charge is 0.747 e. The summed E-state index contributed by atoms with van der Waals surface area (Å²) in [5.41, 5.74) is 0. The zero-order valence-electron chi connectivity index (χ0n) is 23.1. The van der Waals surface area contributed by atoms with Gasteiger partial charge in [-0.15, -0.1) is 5.30 Å². The van der Waals surface area contributed by atoms with E-state index >= 15 is 0 Å². The number of carboxylic acid groups (broad SMARTS) is 1. The third-order valence-electron chi connectivity index (χ3n) is 5.86. The fourth-order valence-corrected chi connectivity index (χ4v) is 8.84. The van der Waals surface area contributed by atoms with Crippen molar-refractivity contribution in [1.82, 2.24) is 0 Å². The molecule has 0 aromatic heterocycles. The summed E-state index contributed by atoms with van der Waals surface area (Å²) >= 11 is 0. The van der Waals surface area contributed by atoms with Crippen molar-refractivity contribution in [2.75, 3.05) is 0 Å². The minimum Gasteiger partial charge on any atom is -0.747 e. The molecule has 0 radical (unpaired) electrons. The van der Waals surface area contributed by atoms with Gasteiger partial charge in [0.15, 0.2) is 0 Å². The van der Waals surface area contributed by atoms with Crippen molar-refractivity contribution in [2.45, 2.75) is 6.92 Å². The number of carbonyl (C=O) groups is 1. The molecule has 0 saturated heterocycles. The molecule has 6 aromatic rings. The SMILES string of the molecule is CC(=O)O.[Fe].[Pd].c1ccc(P(c2ccccc2)[c-]2[cH-][cH-][cH-][cH-]2)cc1.c1ccc(P(c2ccccc2)[c-]2cccc2)cc1. The molecule has 0 fully saturated rings. The third-order valence-corrected chi connectivity index (χ3v) is 10.8. The molecule has 2 nitrogen and oxygen atoms in total. The predicted octanol–water partition coefficient (Wildman–Crippen LogP) is 6.41. The van der Waals surface area contributed by atoms with E-state index in [1.54, 1.807) is 0 Å². The number of carboxylic acids is 1. The number of hydrogen-bond acceptors (Lipinski definition) is 1. The molecule has 0 amide bonds. The number of rotatable bonds is 6. The molecule has 222 valence electrons. The van der Waals surface area contributed by atoms with E-state index < -0.39 is 21.8 Å². The second-order valence-corrected chi connectivity index (χ2v) is 13.3. The van der Waals surface area contributed by atoms with Crippen LogP contribution < -0.4 is 31.8 Å². The van der Waals surface area contributed by atoms with Crippen molar-refractivity contribution in [3.8, 4) is 0 Å². The summed E-state index contributed by atoms with van der Waals surface area (Å²) in [5.74, 6) is -0.833. The van der Waals surface area contributed by atoms with Gasteiger partial charge in [0.25, 0.3) is 5.97 Å². The molecule has 0 atom stereocenters. The Hall–Kier alpha value is -2.91. The van der Waals surface area contributed by atoms with Gasteiger partial charge in [-0.1, -0.05) is 140 Å². The van der Waals surface area contributed by atoms with E-state index in [-0.39, 0.29) is 37.5 Å². The fraction of sp³-hybridized carbons (Fsp3) is 0.0278. The van der Waals surface area contributed by atoms with E-state index in [0.717, 1.165) is 6.92 Å². The first-order valence-corrected chi connectivity index (χ1v) is 15.8. The molecule has 0 aliphatic carbocycles. The molecule has 6 aromatic carbocycles. The van der Waals surface area contributed by atoms with Crippen LogP contribution in [0.1, 0.15) is 6.92 Å². The van der Waals surface area contributed by atoms with Crippen LogP contribution in [0.4, 0.5) is 0 Å². The Morgan fingerprint density at radius 1 is 0.571 bits per heavy atom. The molecule has 0 saturated carbocycles. The molecule has 1 N–H and O–H groups in total. The van der Waals surface area contributed by atoms with E-state index in [2.05, 4.69) is 170 Å². The maximum atomic E-state index is 9.00. The monoisotopic (exact) mass is 720 g/mol. The number of benzene rings is 4. The summed E-state index contributed by atoms with van der Waals surface area (Å²) < 4.78 is 0. The Balaban J connectivity index is 0.000000250. The van der Waals surface area contributed by atoms with Crippen LogP contribution in [-0.2, 0) is 42.3 Å². The quantitative estimate of drug-likeness (QED) is 0.123. The zero-order chi connectivity index (χ0) is 28.0. The Morgan fingerprint density at radius 3 is 1.17 bits per heavy atom. The molecule has 42 heavy (non-hydrogen) atoms. The van der Waals surface area contributed by atoms with Crippen LogP contribution in [0.5, 0.6) is 0 Å². The van der Waals surface area contributed by atoms with E-state index in [9.17, 15) is 0 Å². The standard InChI is InChI=1S/2C17H14P.C2H4O2.Fe.Pd/c2*1-3-9-15(10-4-1)18(17-13-7-8-14-17)16-11-5-2-6-12-16;1-2(3)4;;/h2*1-14H;1H3,(H,3,4);;/q-5;-1;;;. The molecule has 6 rings (SSSR count). The van der Waals surface area contributed by atoms with Crippen LogP contribution in [0.2, 0.25) is 0 Å². The fourth-order valence-electron chi connectivity index (χ4n) is 4.23. The molecule has 6 heteroatoms. The van der Waals surface area contributed by atoms with Crippen molar-refractivity contribution < 1.29 is 47.4 Å². The van der Waals surface area contributed by atoms with Crippen molar-refractivity contribution in [3.05, 3.63) is 170 Å². The summed E-state index contributed by atoms with van der Waals surface area (Å²) in [4.78, 5) is 9.00. The van der Waals surface area contributed by atoms with Crippen LogP contribution in [0, 0.1) is 0 Å². The van der Waals surface area contributed by atoms with E-state index in [1.165, 1.54) is 31.8 Å². The van der Waals surface area contributed by atoms with Crippen LogP contribution in [0.3, 0.4) is 0 Å². The average molecular weight is 721 g/mol. The molecular weight excluding hydrogens is 689 g/mol. The minimum absolute atomic E-state index is 0. The second-order valence-electron chi connectivity index (χ2n) is 8.82. The minimum atomic E-state index is -0.833. The van der Waals surface area contributed by atoms with Crippen molar-refractivity contribution in [3.63, 3.8) is 0 Å². The van der Waals surface area contributed by atoms with Gasteiger partial charge in [0.2, 0.25) is 0 Å². The topological polar surface area (TPSA) is 37.3 Å². The van der Waals surface area contributed by atoms with E-state index in [4.69, 9.17) is 9.90 Å². The van der Waals surface area contributed by atoms with Crippen LogP contribution in [-0.4, -0.2) is 11.1 Å². The summed E-state index contributed by atoms with van der Waals surface area (Å²) in [6, 6.07) is 60.5. The predicted molar refractivity (Wildman–Crippen MR) is 175 cm³/mol. The molecule has 0 unspecified atom stereocenters. The van der Waals surface area contributed by atoms with Crippen molar-refractivity contribution in [1.29, 1.82) is 0 Å². The summed E-state index contributed by atoms with van der Waals surface area (Å²) in [6.45, 7) is 1.08. The van der Waals surface area contributed by atoms with E-state index in [1.807, 2.05) is 0 Å².